The number of ether oxygens (including phenoxy) is 1. The van der Waals surface area contributed by atoms with Crippen LogP contribution in [-0.2, 0) is 6.54 Å². The van der Waals surface area contributed by atoms with Crippen molar-refractivity contribution in [2.75, 3.05) is 19.6 Å². The molecule has 0 bridgehead atoms. The highest BCUT2D eigenvalue weighted by molar-refractivity contribution is 5.28. The number of nitrogens with two attached hydrogens (primary N) is 1. The molecule has 6 heteroatoms. The van der Waals surface area contributed by atoms with Gasteiger partial charge in [-0.15, -0.1) is 13.2 Å². The Kier molecular flexibility index (Phi) is 6.04. The fraction of sp³-hybridized carbons (Fsp3) is 0.600. The first-order valence-electron chi connectivity index (χ1n) is 6.92. The molecule has 1 aromatic carbocycles. The fourth-order valence-corrected chi connectivity index (χ4v) is 2.05. The minimum absolute atomic E-state index is 0.0317. The summed E-state index contributed by atoms with van der Waals surface area (Å²) in [7, 11) is 0. The summed E-state index contributed by atoms with van der Waals surface area (Å²) in [5.41, 5.74) is 6.48. The second kappa shape index (κ2) is 7.13. The SMILES string of the molecule is CCN(Cc1cccc(OC(F)(F)F)c1)CC(C)(C)CN. The van der Waals surface area contributed by atoms with Crippen molar-refractivity contribution < 1.29 is 17.9 Å². The van der Waals surface area contributed by atoms with Crippen molar-refractivity contribution in [3.05, 3.63) is 29.8 Å². The zero-order valence-electron chi connectivity index (χ0n) is 12.7. The molecule has 0 radical (unpaired) electrons. The monoisotopic (exact) mass is 304 g/mol. The average Bonchev–Trinajstić information content (AvgIpc) is 2.36. The minimum Gasteiger partial charge on any atom is -0.406 e. The van der Waals surface area contributed by atoms with Crippen LogP contribution in [-0.4, -0.2) is 30.9 Å². The van der Waals surface area contributed by atoms with Gasteiger partial charge in [-0.05, 0) is 36.2 Å². The van der Waals surface area contributed by atoms with Gasteiger partial charge in [-0.3, -0.25) is 4.90 Å². The second-order valence-corrected chi connectivity index (χ2v) is 5.87. The predicted octanol–water partition coefficient (Wildman–Crippen LogP) is 3.39. The van der Waals surface area contributed by atoms with Crippen LogP contribution in [0.1, 0.15) is 26.3 Å². The molecule has 0 saturated heterocycles. The zero-order chi connectivity index (χ0) is 16.1. The third-order valence-corrected chi connectivity index (χ3v) is 3.19. The fourth-order valence-electron chi connectivity index (χ4n) is 2.05. The van der Waals surface area contributed by atoms with Crippen molar-refractivity contribution >= 4 is 0 Å². The standard InChI is InChI=1S/C15H23F3N2O/c1-4-20(11-14(2,3)10-19)9-12-6-5-7-13(8-12)21-15(16,17)18/h5-8H,4,9-11,19H2,1-3H3. The number of hydrogen-bond donors (Lipinski definition) is 1. The maximum atomic E-state index is 12.2. The van der Waals surface area contributed by atoms with Crippen LogP contribution in [0.3, 0.4) is 0 Å². The van der Waals surface area contributed by atoms with Gasteiger partial charge in [-0.2, -0.15) is 0 Å². The first-order valence-corrected chi connectivity index (χ1v) is 6.92. The lowest BCUT2D eigenvalue weighted by Gasteiger charge is -2.31. The van der Waals surface area contributed by atoms with Gasteiger partial charge < -0.3 is 10.5 Å². The van der Waals surface area contributed by atoms with Gasteiger partial charge >= 0.3 is 6.36 Å². The van der Waals surface area contributed by atoms with E-state index in [0.717, 1.165) is 18.7 Å². The van der Waals surface area contributed by atoms with Crippen LogP contribution in [0, 0.1) is 5.41 Å². The summed E-state index contributed by atoms with van der Waals surface area (Å²) in [6.45, 7) is 8.86. The Morgan fingerprint density at radius 1 is 1.24 bits per heavy atom. The van der Waals surface area contributed by atoms with Crippen LogP contribution in [0.5, 0.6) is 5.75 Å². The molecule has 2 N–H and O–H groups in total. The molecule has 0 aliphatic carbocycles. The van der Waals surface area contributed by atoms with E-state index < -0.39 is 6.36 Å². The Balaban J connectivity index is 2.74. The van der Waals surface area contributed by atoms with Gasteiger partial charge in [0.05, 0.1) is 0 Å². The summed E-state index contributed by atoms with van der Waals surface area (Å²) < 4.78 is 40.6. The number of rotatable bonds is 7. The molecule has 0 amide bonds. The van der Waals surface area contributed by atoms with E-state index in [1.165, 1.54) is 12.1 Å². The second-order valence-electron chi connectivity index (χ2n) is 5.87. The highest BCUT2D eigenvalue weighted by Crippen LogP contribution is 2.24. The topological polar surface area (TPSA) is 38.5 Å². The van der Waals surface area contributed by atoms with E-state index in [4.69, 9.17) is 5.73 Å². The molecule has 120 valence electrons. The van der Waals surface area contributed by atoms with Crippen molar-refractivity contribution in [1.29, 1.82) is 0 Å². The van der Waals surface area contributed by atoms with Crippen molar-refractivity contribution in [2.24, 2.45) is 11.1 Å². The largest absolute Gasteiger partial charge is 0.573 e. The van der Waals surface area contributed by atoms with Crippen LogP contribution in [0.2, 0.25) is 0 Å². The molecule has 0 unspecified atom stereocenters. The molecule has 1 aromatic rings. The molecule has 0 heterocycles. The molecule has 1 rings (SSSR count). The van der Waals surface area contributed by atoms with Crippen molar-refractivity contribution in [3.8, 4) is 5.75 Å². The first kappa shape index (κ1) is 17.8. The normalized spacial score (nSPS) is 12.8. The summed E-state index contributed by atoms with van der Waals surface area (Å²) in [6.07, 6.45) is -4.66. The van der Waals surface area contributed by atoms with Crippen LogP contribution in [0.25, 0.3) is 0 Å². The highest BCUT2D eigenvalue weighted by atomic mass is 19.4. The van der Waals surface area contributed by atoms with Gasteiger partial charge in [0.1, 0.15) is 5.75 Å². The number of nitrogens with zero attached hydrogens (tertiary/aromatic N) is 1. The van der Waals surface area contributed by atoms with E-state index in [1.54, 1.807) is 12.1 Å². The first-order chi connectivity index (χ1) is 9.65. The summed E-state index contributed by atoms with van der Waals surface area (Å²) in [4.78, 5) is 2.15. The molecule has 0 fully saturated rings. The Labute approximate surface area is 123 Å². The highest BCUT2D eigenvalue weighted by Gasteiger charge is 2.31. The van der Waals surface area contributed by atoms with E-state index in [0.29, 0.717) is 13.1 Å². The maximum absolute atomic E-state index is 12.2. The quantitative estimate of drug-likeness (QED) is 0.839. The third-order valence-electron chi connectivity index (χ3n) is 3.19. The van der Waals surface area contributed by atoms with Gasteiger partial charge in [0, 0.05) is 13.1 Å². The van der Waals surface area contributed by atoms with Crippen molar-refractivity contribution in [2.45, 2.75) is 33.7 Å². The van der Waals surface area contributed by atoms with Gasteiger partial charge in [-0.25, -0.2) is 0 Å². The Bertz CT molecular complexity index is 447. The summed E-state index contributed by atoms with van der Waals surface area (Å²) in [5.74, 6) is -0.186. The number of alkyl halides is 3. The van der Waals surface area contributed by atoms with E-state index in [1.807, 2.05) is 6.92 Å². The van der Waals surface area contributed by atoms with Crippen LogP contribution >= 0.6 is 0 Å². The molecule has 0 aromatic heterocycles. The smallest absolute Gasteiger partial charge is 0.406 e. The predicted molar refractivity (Wildman–Crippen MR) is 76.9 cm³/mol. The van der Waals surface area contributed by atoms with E-state index in [9.17, 15) is 13.2 Å². The number of hydrogen-bond acceptors (Lipinski definition) is 3. The summed E-state index contributed by atoms with van der Waals surface area (Å²) in [5, 5.41) is 0. The molecule has 0 atom stereocenters. The van der Waals surface area contributed by atoms with Crippen LogP contribution in [0.4, 0.5) is 13.2 Å². The van der Waals surface area contributed by atoms with Gasteiger partial charge in [0.15, 0.2) is 0 Å². The average molecular weight is 304 g/mol. The minimum atomic E-state index is -4.66. The number of halogens is 3. The zero-order valence-corrected chi connectivity index (χ0v) is 12.7. The van der Waals surface area contributed by atoms with Crippen molar-refractivity contribution in [1.82, 2.24) is 4.90 Å². The molecule has 3 nitrogen and oxygen atoms in total. The lowest BCUT2D eigenvalue weighted by Crippen LogP contribution is -2.38. The summed E-state index contributed by atoms with van der Waals surface area (Å²) in [6, 6.07) is 6.09. The Morgan fingerprint density at radius 3 is 2.43 bits per heavy atom. The van der Waals surface area contributed by atoms with E-state index in [-0.39, 0.29) is 11.2 Å². The lowest BCUT2D eigenvalue weighted by molar-refractivity contribution is -0.274. The lowest BCUT2D eigenvalue weighted by atomic mass is 9.93. The van der Waals surface area contributed by atoms with Gasteiger partial charge in [0.25, 0.3) is 0 Å². The van der Waals surface area contributed by atoms with Gasteiger partial charge in [-0.1, -0.05) is 32.9 Å². The van der Waals surface area contributed by atoms with E-state index in [2.05, 4.69) is 23.5 Å². The Morgan fingerprint density at radius 2 is 1.90 bits per heavy atom. The van der Waals surface area contributed by atoms with Gasteiger partial charge in [0.2, 0.25) is 0 Å². The molecule has 0 saturated carbocycles. The molecule has 0 aliphatic rings. The summed E-state index contributed by atoms with van der Waals surface area (Å²) >= 11 is 0. The molecule has 0 aliphatic heterocycles. The third kappa shape index (κ3) is 6.82. The molecular formula is C15H23F3N2O. The number of benzene rings is 1. The Hall–Kier alpha value is -1.27. The molecule has 21 heavy (non-hydrogen) atoms. The maximum Gasteiger partial charge on any atom is 0.573 e. The van der Waals surface area contributed by atoms with Crippen LogP contribution in [0.15, 0.2) is 24.3 Å². The van der Waals surface area contributed by atoms with Crippen LogP contribution < -0.4 is 10.5 Å². The molecular weight excluding hydrogens is 281 g/mol. The molecule has 0 spiro atoms. The van der Waals surface area contributed by atoms with E-state index >= 15 is 0 Å². The van der Waals surface area contributed by atoms with Crippen molar-refractivity contribution in [3.63, 3.8) is 0 Å².